The summed E-state index contributed by atoms with van der Waals surface area (Å²) in [6.07, 6.45) is 6.30. The van der Waals surface area contributed by atoms with Crippen molar-refractivity contribution in [2.45, 2.75) is 38.6 Å². The predicted octanol–water partition coefficient (Wildman–Crippen LogP) is 3.77. The molecule has 2 saturated carbocycles. The third-order valence-electron chi connectivity index (χ3n) is 6.74. The maximum Gasteiger partial charge on any atom is 0.222 e. The van der Waals surface area contributed by atoms with E-state index in [-0.39, 0.29) is 0 Å². The Morgan fingerprint density at radius 3 is 2.69 bits per heavy atom. The van der Waals surface area contributed by atoms with Crippen LogP contribution < -0.4 is 0 Å². The van der Waals surface area contributed by atoms with Crippen molar-refractivity contribution >= 4 is 27.5 Å². The van der Waals surface area contributed by atoms with Gasteiger partial charge in [0.2, 0.25) is 5.91 Å². The Kier molecular flexibility index (Phi) is 4.45. The maximum absolute atomic E-state index is 12.7. The maximum atomic E-state index is 12.7. The number of hydrogen-bond acceptors (Lipinski definition) is 4. The molecule has 0 spiro atoms. The Morgan fingerprint density at radius 1 is 1.12 bits per heavy atom. The lowest BCUT2D eigenvalue weighted by Crippen LogP contribution is -2.48. The second kappa shape index (κ2) is 6.93. The topological polar surface area (TPSA) is 36.4 Å². The summed E-state index contributed by atoms with van der Waals surface area (Å²) in [7, 11) is 0. The van der Waals surface area contributed by atoms with E-state index in [1.54, 1.807) is 11.3 Å². The number of carbonyl (C=O) groups is 1. The minimum absolute atomic E-state index is 0.405. The number of piperazine rings is 1. The summed E-state index contributed by atoms with van der Waals surface area (Å²) in [5.74, 6) is 2.87. The van der Waals surface area contributed by atoms with E-state index in [0.29, 0.717) is 11.8 Å². The molecule has 1 amide bonds. The monoisotopic (exact) mass is 369 g/mol. The fraction of sp³-hybridized carbons (Fsp3) is 0.619. The highest BCUT2D eigenvalue weighted by Crippen LogP contribution is 2.49. The SMILES string of the molecule is O=C(C[C@@H]1C[C@H]2CC[C@@H]1C2)N1CCN(Cc2nc3ccccc3s2)CC1. The molecule has 1 aromatic carbocycles. The molecule has 0 N–H and O–H groups in total. The Morgan fingerprint density at radius 2 is 1.96 bits per heavy atom. The Labute approximate surface area is 159 Å². The molecule has 4 nitrogen and oxygen atoms in total. The molecule has 2 bridgehead atoms. The number of nitrogens with zero attached hydrogens (tertiary/aromatic N) is 3. The van der Waals surface area contributed by atoms with Crippen molar-refractivity contribution < 1.29 is 4.79 Å². The lowest BCUT2D eigenvalue weighted by atomic mass is 9.86. The number of fused-ring (bicyclic) bond motifs is 3. The van der Waals surface area contributed by atoms with Gasteiger partial charge in [0.15, 0.2) is 0 Å². The lowest BCUT2D eigenvalue weighted by Gasteiger charge is -2.35. The molecule has 5 heteroatoms. The molecule has 2 heterocycles. The average molecular weight is 370 g/mol. The molecular formula is C21H27N3OS. The molecule has 2 aliphatic carbocycles. The van der Waals surface area contributed by atoms with E-state index < -0.39 is 0 Å². The van der Waals surface area contributed by atoms with Gasteiger partial charge in [-0.3, -0.25) is 9.69 Å². The highest BCUT2D eigenvalue weighted by Gasteiger charge is 2.40. The normalized spacial score (nSPS) is 28.9. The van der Waals surface area contributed by atoms with Gasteiger partial charge in [0, 0.05) is 32.6 Å². The van der Waals surface area contributed by atoms with Crippen LogP contribution in [0.2, 0.25) is 0 Å². The molecule has 0 radical (unpaired) electrons. The average Bonchev–Trinajstić information content (AvgIpc) is 3.36. The number of carbonyl (C=O) groups excluding carboxylic acids is 1. The van der Waals surface area contributed by atoms with Crippen molar-refractivity contribution in [3.63, 3.8) is 0 Å². The van der Waals surface area contributed by atoms with E-state index in [2.05, 4.69) is 28.0 Å². The van der Waals surface area contributed by atoms with Crippen molar-refractivity contribution in [2.24, 2.45) is 17.8 Å². The first-order valence-electron chi connectivity index (χ1n) is 10.1. The molecule has 0 unspecified atom stereocenters. The first kappa shape index (κ1) is 16.7. The van der Waals surface area contributed by atoms with Crippen LogP contribution in [0.15, 0.2) is 24.3 Å². The number of benzene rings is 1. The van der Waals surface area contributed by atoms with E-state index >= 15 is 0 Å². The van der Waals surface area contributed by atoms with Crippen LogP contribution in [0, 0.1) is 17.8 Å². The van der Waals surface area contributed by atoms with Crippen LogP contribution in [0.4, 0.5) is 0 Å². The fourth-order valence-corrected chi connectivity index (χ4v) is 6.32. The quantitative estimate of drug-likeness (QED) is 0.823. The van der Waals surface area contributed by atoms with E-state index in [9.17, 15) is 4.79 Å². The van der Waals surface area contributed by atoms with Gasteiger partial charge >= 0.3 is 0 Å². The van der Waals surface area contributed by atoms with Crippen molar-refractivity contribution in [3.8, 4) is 0 Å². The Hall–Kier alpha value is -1.46. The number of para-hydroxylation sites is 1. The minimum Gasteiger partial charge on any atom is -0.340 e. The van der Waals surface area contributed by atoms with Crippen LogP contribution in [0.1, 0.15) is 37.1 Å². The van der Waals surface area contributed by atoms with Crippen LogP contribution >= 0.6 is 11.3 Å². The first-order valence-corrected chi connectivity index (χ1v) is 10.9. The zero-order valence-corrected chi connectivity index (χ0v) is 16.1. The van der Waals surface area contributed by atoms with Crippen LogP contribution in [0.5, 0.6) is 0 Å². The standard InChI is InChI=1S/C21H27N3OS/c25-21(13-17-12-15-5-6-16(17)11-15)24-9-7-23(8-10-24)14-20-22-18-3-1-2-4-19(18)26-20/h1-4,15-17H,5-14H2/t15-,16+,17-/m0/s1. The molecule has 3 fully saturated rings. The second-order valence-corrected chi connectivity index (χ2v) is 9.49. The number of rotatable bonds is 4. The van der Waals surface area contributed by atoms with Crippen LogP contribution in [0.3, 0.4) is 0 Å². The van der Waals surface area contributed by atoms with E-state index in [0.717, 1.165) is 56.5 Å². The van der Waals surface area contributed by atoms with Crippen molar-refractivity contribution in [2.75, 3.05) is 26.2 Å². The van der Waals surface area contributed by atoms with Crippen molar-refractivity contribution in [1.82, 2.24) is 14.8 Å². The van der Waals surface area contributed by atoms with E-state index in [4.69, 9.17) is 4.98 Å². The van der Waals surface area contributed by atoms with Gasteiger partial charge in [-0.2, -0.15) is 0 Å². The van der Waals surface area contributed by atoms with E-state index in [1.165, 1.54) is 35.4 Å². The van der Waals surface area contributed by atoms with Gasteiger partial charge in [-0.25, -0.2) is 4.98 Å². The summed E-state index contributed by atoms with van der Waals surface area (Å²) >= 11 is 1.79. The van der Waals surface area contributed by atoms with Gasteiger partial charge in [0.1, 0.15) is 5.01 Å². The predicted molar refractivity (Wildman–Crippen MR) is 105 cm³/mol. The minimum atomic E-state index is 0.405. The van der Waals surface area contributed by atoms with Gasteiger partial charge < -0.3 is 4.90 Å². The van der Waals surface area contributed by atoms with Gasteiger partial charge in [-0.05, 0) is 49.1 Å². The molecule has 2 aromatic rings. The molecular weight excluding hydrogens is 342 g/mol. The zero-order chi connectivity index (χ0) is 17.5. The third kappa shape index (κ3) is 3.27. The summed E-state index contributed by atoms with van der Waals surface area (Å²) in [5.41, 5.74) is 1.10. The van der Waals surface area contributed by atoms with Crippen molar-refractivity contribution in [1.29, 1.82) is 0 Å². The third-order valence-corrected chi connectivity index (χ3v) is 7.76. The fourth-order valence-electron chi connectivity index (χ4n) is 5.31. The molecule has 1 saturated heterocycles. The molecule has 138 valence electrons. The summed E-state index contributed by atoms with van der Waals surface area (Å²) in [6, 6.07) is 8.35. The number of aromatic nitrogens is 1. The molecule has 5 rings (SSSR count). The summed E-state index contributed by atoms with van der Waals surface area (Å²) in [4.78, 5) is 22.0. The second-order valence-electron chi connectivity index (χ2n) is 8.37. The summed E-state index contributed by atoms with van der Waals surface area (Å²) < 4.78 is 1.27. The molecule has 1 aliphatic heterocycles. The van der Waals surface area contributed by atoms with Crippen LogP contribution in [0.25, 0.3) is 10.2 Å². The molecule has 3 atom stereocenters. The zero-order valence-electron chi connectivity index (χ0n) is 15.3. The summed E-state index contributed by atoms with van der Waals surface area (Å²) in [6.45, 7) is 4.61. The van der Waals surface area contributed by atoms with Gasteiger partial charge in [-0.15, -0.1) is 11.3 Å². The van der Waals surface area contributed by atoms with E-state index in [1.807, 2.05) is 6.07 Å². The number of amides is 1. The summed E-state index contributed by atoms with van der Waals surface area (Å²) in [5, 5.41) is 1.19. The largest absolute Gasteiger partial charge is 0.340 e. The molecule has 3 aliphatic rings. The van der Waals surface area contributed by atoms with Gasteiger partial charge in [0.05, 0.1) is 16.8 Å². The Bertz CT molecular complexity index is 762. The van der Waals surface area contributed by atoms with Gasteiger partial charge in [-0.1, -0.05) is 18.6 Å². The molecule has 26 heavy (non-hydrogen) atoms. The number of hydrogen-bond donors (Lipinski definition) is 0. The lowest BCUT2D eigenvalue weighted by molar-refractivity contribution is -0.134. The first-order chi connectivity index (χ1) is 12.7. The Balaban J connectivity index is 1.13. The highest BCUT2D eigenvalue weighted by molar-refractivity contribution is 7.18. The van der Waals surface area contributed by atoms with Crippen molar-refractivity contribution in [3.05, 3.63) is 29.3 Å². The number of thiazole rings is 1. The van der Waals surface area contributed by atoms with Crippen LogP contribution in [-0.2, 0) is 11.3 Å². The smallest absolute Gasteiger partial charge is 0.222 e. The highest BCUT2D eigenvalue weighted by atomic mass is 32.1. The van der Waals surface area contributed by atoms with Gasteiger partial charge in [0.25, 0.3) is 0 Å². The van der Waals surface area contributed by atoms with Crippen LogP contribution in [-0.4, -0.2) is 46.9 Å². The molecule has 1 aromatic heterocycles.